The molecule has 0 aliphatic rings. The Bertz CT molecular complexity index is 1090. The molecule has 0 saturated heterocycles. The Hall–Kier alpha value is -3.06. The van der Waals surface area contributed by atoms with E-state index in [0.717, 1.165) is 0 Å². The molecule has 0 radical (unpaired) electrons. The highest BCUT2D eigenvalue weighted by Crippen LogP contribution is 2.23. The minimum atomic E-state index is -0.522. The maximum atomic E-state index is 12.7. The second kappa shape index (κ2) is 7.90. The first-order valence-corrected chi connectivity index (χ1v) is 8.92. The third kappa shape index (κ3) is 3.80. The normalized spacial score (nSPS) is 11.9. The molecule has 8 heteroatoms. The number of aromatic nitrogens is 2. The molecule has 1 atom stereocenters. The first kappa shape index (κ1) is 19.7. The molecule has 3 aromatic rings. The molecule has 7 nitrogen and oxygen atoms in total. The van der Waals surface area contributed by atoms with E-state index >= 15 is 0 Å². The van der Waals surface area contributed by atoms with Crippen LogP contribution in [0.1, 0.15) is 29.1 Å². The van der Waals surface area contributed by atoms with Crippen LogP contribution in [0.25, 0.3) is 10.9 Å². The van der Waals surface area contributed by atoms with E-state index in [1.54, 1.807) is 50.4 Å². The first-order chi connectivity index (χ1) is 13.3. The standard InChI is InChI=1S/C20H20ClN3O4/c1-11(22-19(25)12-7-14(27-3)10-15(8-12)28-4)18-23-17-9-13(21)5-6-16(17)20(26)24(18)2/h5-11H,1-4H3,(H,22,25)/t11-/m1/s1. The summed E-state index contributed by atoms with van der Waals surface area (Å²) in [5.41, 5.74) is 0.646. The second-order valence-corrected chi connectivity index (χ2v) is 6.73. The average molecular weight is 402 g/mol. The Morgan fingerprint density at radius 3 is 2.39 bits per heavy atom. The predicted molar refractivity (Wildman–Crippen MR) is 107 cm³/mol. The van der Waals surface area contributed by atoms with E-state index in [4.69, 9.17) is 21.1 Å². The van der Waals surface area contributed by atoms with E-state index in [1.165, 1.54) is 18.8 Å². The Kier molecular flexibility index (Phi) is 5.56. The summed E-state index contributed by atoms with van der Waals surface area (Å²) < 4.78 is 11.8. The zero-order chi connectivity index (χ0) is 20.4. The van der Waals surface area contributed by atoms with Gasteiger partial charge in [-0.2, -0.15) is 0 Å². The van der Waals surface area contributed by atoms with Gasteiger partial charge in [-0.05, 0) is 37.3 Å². The number of rotatable bonds is 5. The number of methoxy groups -OCH3 is 2. The third-order valence-electron chi connectivity index (χ3n) is 4.42. The molecule has 146 valence electrons. The van der Waals surface area contributed by atoms with Crippen LogP contribution >= 0.6 is 11.6 Å². The van der Waals surface area contributed by atoms with Gasteiger partial charge in [-0.1, -0.05) is 11.6 Å². The van der Waals surface area contributed by atoms with Crippen LogP contribution in [0.5, 0.6) is 11.5 Å². The molecule has 3 rings (SSSR count). The van der Waals surface area contributed by atoms with Crippen LogP contribution in [0.2, 0.25) is 5.02 Å². The predicted octanol–water partition coefficient (Wildman–Crippen LogP) is 3.10. The number of hydrogen-bond acceptors (Lipinski definition) is 5. The van der Waals surface area contributed by atoms with Gasteiger partial charge in [-0.3, -0.25) is 14.2 Å². The summed E-state index contributed by atoms with van der Waals surface area (Å²) in [5, 5.41) is 3.81. The fraction of sp³-hybridized carbons (Fsp3) is 0.250. The van der Waals surface area contributed by atoms with Crippen LogP contribution in [0, 0.1) is 0 Å². The molecule has 0 aliphatic carbocycles. The van der Waals surface area contributed by atoms with Gasteiger partial charge >= 0.3 is 0 Å². The molecule has 28 heavy (non-hydrogen) atoms. The van der Waals surface area contributed by atoms with E-state index in [2.05, 4.69) is 10.3 Å². The fourth-order valence-electron chi connectivity index (χ4n) is 2.93. The lowest BCUT2D eigenvalue weighted by Gasteiger charge is -2.18. The number of carbonyl (C=O) groups excluding carboxylic acids is 1. The Balaban J connectivity index is 1.95. The zero-order valence-electron chi connectivity index (χ0n) is 15.9. The van der Waals surface area contributed by atoms with Crippen LogP contribution in [0.15, 0.2) is 41.2 Å². The van der Waals surface area contributed by atoms with E-state index in [1.807, 2.05) is 0 Å². The van der Waals surface area contributed by atoms with Crippen molar-refractivity contribution in [2.45, 2.75) is 13.0 Å². The molecule has 1 heterocycles. The summed E-state index contributed by atoms with van der Waals surface area (Å²) in [5.74, 6) is 1.08. The van der Waals surface area contributed by atoms with Crippen LogP contribution in [-0.4, -0.2) is 29.7 Å². The summed E-state index contributed by atoms with van der Waals surface area (Å²) in [6.07, 6.45) is 0. The average Bonchev–Trinajstić information content (AvgIpc) is 2.69. The van der Waals surface area contributed by atoms with Crippen LogP contribution in [0.4, 0.5) is 0 Å². The first-order valence-electron chi connectivity index (χ1n) is 8.54. The maximum absolute atomic E-state index is 12.7. The Labute approximate surface area is 166 Å². The molecule has 0 saturated carbocycles. The number of amides is 1. The van der Waals surface area contributed by atoms with E-state index in [9.17, 15) is 9.59 Å². The SMILES string of the molecule is COc1cc(OC)cc(C(=O)N[C@H](C)c2nc3cc(Cl)ccc3c(=O)n2C)c1. The molecule has 0 bridgehead atoms. The zero-order valence-corrected chi connectivity index (χ0v) is 16.7. The number of carbonyl (C=O) groups is 1. The van der Waals surface area contributed by atoms with Gasteiger partial charge in [0.15, 0.2) is 0 Å². The van der Waals surface area contributed by atoms with E-state index in [0.29, 0.717) is 38.8 Å². The molecule has 0 fully saturated rings. The van der Waals surface area contributed by atoms with Crippen molar-refractivity contribution in [1.29, 1.82) is 0 Å². The number of ether oxygens (including phenoxy) is 2. The lowest BCUT2D eigenvalue weighted by Crippen LogP contribution is -2.32. The van der Waals surface area contributed by atoms with Crippen molar-refractivity contribution in [3.05, 3.63) is 63.2 Å². The number of halogens is 1. The lowest BCUT2D eigenvalue weighted by atomic mass is 10.1. The summed E-state index contributed by atoms with van der Waals surface area (Å²) in [7, 11) is 4.65. The van der Waals surface area contributed by atoms with Gasteiger partial charge < -0.3 is 14.8 Å². The Morgan fingerprint density at radius 2 is 1.79 bits per heavy atom. The van der Waals surface area contributed by atoms with Crippen molar-refractivity contribution >= 4 is 28.4 Å². The van der Waals surface area contributed by atoms with Gasteiger partial charge in [0.25, 0.3) is 11.5 Å². The Morgan fingerprint density at radius 1 is 1.14 bits per heavy atom. The molecular formula is C20H20ClN3O4. The molecular weight excluding hydrogens is 382 g/mol. The number of fused-ring (bicyclic) bond motifs is 1. The van der Waals surface area contributed by atoms with Crippen molar-refractivity contribution in [1.82, 2.24) is 14.9 Å². The highest BCUT2D eigenvalue weighted by molar-refractivity contribution is 6.31. The second-order valence-electron chi connectivity index (χ2n) is 6.29. The van der Waals surface area contributed by atoms with Crippen LogP contribution in [0.3, 0.4) is 0 Å². The maximum Gasteiger partial charge on any atom is 0.261 e. The highest BCUT2D eigenvalue weighted by Gasteiger charge is 2.18. The number of nitrogens with zero attached hydrogens (tertiary/aromatic N) is 2. The summed E-state index contributed by atoms with van der Waals surface area (Å²) in [6.45, 7) is 1.76. The molecule has 2 aromatic carbocycles. The third-order valence-corrected chi connectivity index (χ3v) is 4.66. The van der Waals surface area contributed by atoms with Gasteiger partial charge in [0.05, 0.1) is 31.2 Å². The summed E-state index contributed by atoms with van der Waals surface area (Å²) >= 11 is 6.02. The molecule has 1 amide bonds. The topological polar surface area (TPSA) is 82.5 Å². The van der Waals surface area contributed by atoms with Crippen LogP contribution < -0.4 is 20.3 Å². The number of nitrogens with one attached hydrogen (secondary N) is 1. The van der Waals surface area contributed by atoms with Gasteiger partial charge in [-0.15, -0.1) is 0 Å². The van der Waals surface area contributed by atoms with Crippen molar-refractivity contribution in [2.24, 2.45) is 7.05 Å². The molecule has 0 aliphatic heterocycles. The molecule has 1 N–H and O–H groups in total. The molecule has 1 aromatic heterocycles. The van der Waals surface area contributed by atoms with Gasteiger partial charge in [0.2, 0.25) is 0 Å². The smallest absolute Gasteiger partial charge is 0.261 e. The summed E-state index contributed by atoms with van der Waals surface area (Å²) in [4.78, 5) is 29.9. The fourth-order valence-corrected chi connectivity index (χ4v) is 3.10. The van der Waals surface area contributed by atoms with Gasteiger partial charge in [-0.25, -0.2) is 4.98 Å². The van der Waals surface area contributed by atoms with Crippen molar-refractivity contribution in [3.63, 3.8) is 0 Å². The molecule has 0 spiro atoms. The number of benzene rings is 2. The monoisotopic (exact) mass is 401 g/mol. The number of hydrogen-bond donors (Lipinski definition) is 1. The summed E-state index contributed by atoms with van der Waals surface area (Å²) in [6, 6.07) is 9.29. The minimum absolute atomic E-state index is 0.208. The molecule has 0 unspecified atom stereocenters. The lowest BCUT2D eigenvalue weighted by molar-refractivity contribution is 0.0937. The highest BCUT2D eigenvalue weighted by atomic mass is 35.5. The van der Waals surface area contributed by atoms with Crippen molar-refractivity contribution < 1.29 is 14.3 Å². The van der Waals surface area contributed by atoms with Gasteiger partial charge in [0, 0.05) is 23.7 Å². The van der Waals surface area contributed by atoms with Crippen molar-refractivity contribution in [2.75, 3.05) is 14.2 Å². The van der Waals surface area contributed by atoms with Crippen LogP contribution in [-0.2, 0) is 7.05 Å². The van der Waals surface area contributed by atoms with E-state index < -0.39 is 6.04 Å². The van der Waals surface area contributed by atoms with Gasteiger partial charge in [0.1, 0.15) is 17.3 Å². The van der Waals surface area contributed by atoms with Crippen molar-refractivity contribution in [3.8, 4) is 11.5 Å². The minimum Gasteiger partial charge on any atom is -0.497 e. The van der Waals surface area contributed by atoms with E-state index in [-0.39, 0.29) is 11.5 Å². The largest absolute Gasteiger partial charge is 0.497 e. The quantitative estimate of drug-likeness (QED) is 0.710.